The van der Waals surface area contributed by atoms with Crippen molar-refractivity contribution in [2.24, 2.45) is 17.8 Å². The molecule has 0 aromatic carbocycles. The van der Waals surface area contributed by atoms with E-state index in [1.165, 1.54) is 31.9 Å². The Morgan fingerprint density at radius 2 is 2.06 bits per heavy atom. The third kappa shape index (κ3) is 3.68. The molecule has 2 aliphatic carbocycles. The van der Waals surface area contributed by atoms with Gasteiger partial charge in [-0.2, -0.15) is 0 Å². The Bertz CT molecular complexity index is 352. The Labute approximate surface area is 105 Å². The van der Waals surface area contributed by atoms with Crippen LogP contribution in [0.3, 0.4) is 0 Å². The van der Waals surface area contributed by atoms with Crippen molar-refractivity contribution >= 4 is 9.84 Å². The Kier molecular flexibility index (Phi) is 4.14. The molecule has 2 rings (SSSR count). The Balaban J connectivity index is 1.89. The van der Waals surface area contributed by atoms with Gasteiger partial charge in [-0.25, -0.2) is 8.42 Å². The zero-order valence-electron chi connectivity index (χ0n) is 11.0. The first-order valence-electron chi connectivity index (χ1n) is 6.89. The van der Waals surface area contributed by atoms with E-state index in [9.17, 15) is 8.42 Å². The zero-order chi connectivity index (χ0) is 12.5. The van der Waals surface area contributed by atoms with Crippen molar-refractivity contribution in [1.29, 1.82) is 0 Å². The maximum absolute atomic E-state index is 11.4. The molecule has 0 amide bonds. The van der Waals surface area contributed by atoms with E-state index in [0.29, 0.717) is 5.75 Å². The van der Waals surface area contributed by atoms with E-state index in [-0.39, 0.29) is 6.04 Å². The van der Waals surface area contributed by atoms with Crippen LogP contribution in [0.25, 0.3) is 0 Å². The van der Waals surface area contributed by atoms with E-state index in [4.69, 9.17) is 0 Å². The molecular weight excluding hydrogens is 234 g/mol. The van der Waals surface area contributed by atoms with Crippen molar-refractivity contribution < 1.29 is 8.42 Å². The summed E-state index contributed by atoms with van der Waals surface area (Å²) in [5, 5.41) is 3.35. The molecular formula is C13H25NO2S. The normalized spacial score (nSPS) is 34.1. The highest BCUT2D eigenvalue weighted by Gasteiger charge is 2.40. The molecule has 3 nitrogen and oxygen atoms in total. The first-order chi connectivity index (χ1) is 7.98. The summed E-state index contributed by atoms with van der Waals surface area (Å²) in [5.74, 6) is 2.92. The highest BCUT2D eigenvalue weighted by atomic mass is 32.2. The van der Waals surface area contributed by atoms with Crippen molar-refractivity contribution in [1.82, 2.24) is 5.32 Å². The summed E-state index contributed by atoms with van der Waals surface area (Å²) >= 11 is 0. The molecule has 17 heavy (non-hydrogen) atoms. The van der Waals surface area contributed by atoms with Crippen LogP contribution in [-0.2, 0) is 9.84 Å². The first kappa shape index (κ1) is 13.3. The molecule has 2 fully saturated rings. The number of hydrogen-bond acceptors (Lipinski definition) is 3. The van der Waals surface area contributed by atoms with Gasteiger partial charge < -0.3 is 5.32 Å². The summed E-state index contributed by atoms with van der Waals surface area (Å²) in [6.07, 6.45) is 7.95. The van der Waals surface area contributed by atoms with Gasteiger partial charge in [-0.3, -0.25) is 0 Å². The summed E-state index contributed by atoms with van der Waals surface area (Å²) in [6, 6.07) is 0.166. The Morgan fingerprint density at radius 3 is 2.53 bits per heavy atom. The minimum absolute atomic E-state index is 0.166. The molecule has 4 atom stereocenters. The van der Waals surface area contributed by atoms with Crippen molar-refractivity contribution in [2.75, 3.05) is 18.6 Å². The molecule has 0 saturated heterocycles. The van der Waals surface area contributed by atoms with E-state index in [0.717, 1.165) is 30.7 Å². The number of rotatable bonds is 6. The predicted molar refractivity (Wildman–Crippen MR) is 70.7 cm³/mol. The molecule has 0 aromatic heterocycles. The van der Waals surface area contributed by atoms with Crippen LogP contribution in [0.2, 0.25) is 0 Å². The van der Waals surface area contributed by atoms with Gasteiger partial charge in [0.2, 0.25) is 0 Å². The molecule has 100 valence electrons. The Hall–Kier alpha value is -0.0900. The van der Waals surface area contributed by atoms with Crippen LogP contribution in [0.5, 0.6) is 0 Å². The molecule has 1 N–H and O–H groups in total. The van der Waals surface area contributed by atoms with Crippen LogP contribution in [0.15, 0.2) is 0 Å². The van der Waals surface area contributed by atoms with Gasteiger partial charge in [0.1, 0.15) is 9.84 Å². The summed E-state index contributed by atoms with van der Waals surface area (Å²) in [7, 11) is -2.86. The number of hydrogen-bond donors (Lipinski definition) is 1. The minimum Gasteiger partial charge on any atom is -0.313 e. The SMILES string of the molecule is CCNC(CC1CC2CCC1C2)CS(C)(=O)=O. The number of fused-ring (bicyclic) bond motifs is 2. The van der Waals surface area contributed by atoms with Crippen LogP contribution in [-0.4, -0.2) is 33.0 Å². The van der Waals surface area contributed by atoms with Crippen molar-refractivity contribution in [3.05, 3.63) is 0 Å². The molecule has 4 heteroatoms. The lowest BCUT2D eigenvalue weighted by molar-refractivity contribution is 0.286. The van der Waals surface area contributed by atoms with Gasteiger partial charge in [-0.15, -0.1) is 0 Å². The molecule has 0 aromatic rings. The number of nitrogens with one attached hydrogen (secondary N) is 1. The summed E-state index contributed by atoms with van der Waals surface area (Å²) < 4.78 is 22.8. The fraction of sp³-hybridized carbons (Fsp3) is 1.00. The fourth-order valence-electron chi connectivity index (χ4n) is 3.90. The molecule has 2 saturated carbocycles. The highest BCUT2D eigenvalue weighted by molar-refractivity contribution is 7.90. The fourth-order valence-corrected chi connectivity index (χ4v) is 4.88. The van der Waals surface area contributed by atoms with E-state index in [1.807, 2.05) is 0 Å². The van der Waals surface area contributed by atoms with E-state index < -0.39 is 9.84 Å². The average molecular weight is 259 g/mol. The van der Waals surface area contributed by atoms with Crippen molar-refractivity contribution in [3.63, 3.8) is 0 Å². The first-order valence-corrected chi connectivity index (χ1v) is 8.95. The summed E-state index contributed by atoms with van der Waals surface area (Å²) in [6.45, 7) is 2.91. The molecule has 0 spiro atoms. The van der Waals surface area contributed by atoms with Gasteiger partial charge in [-0.1, -0.05) is 13.3 Å². The van der Waals surface area contributed by atoms with Crippen molar-refractivity contribution in [2.45, 2.75) is 45.1 Å². The molecule has 0 radical (unpaired) electrons. The maximum Gasteiger partial charge on any atom is 0.148 e. The standard InChI is InChI=1S/C13H25NO2S/c1-3-14-13(9-17(2,15)16)8-12-7-10-4-5-11(12)6-10/h10-14H,3-9H2,1-2H3. The van der Waals surface area contributed by atoms with E-state index >= 15 is 0 Å². The van der Waals surface area contributed by atoms with Crippen molar-refractivity contribution in [3.8, 4) is 0 Å². The lowest BCUT2D eigenvalue weighted by Crippen LogP contribution is -2.37. The largest absolute Gasteiger partial charge is 0.313 e. The summed E-state index contributed by atoms with van der Waals surface area (Å²) in [5.41, 5.74) is 0. The third-order valence-electron chi connectivity index (χ3n) is 4.47. The average Bonchev–Trinajstić information content (AvgIpc) is 2.76. The quantitative estimate of drug-likeness (QED) is 0.791. The second kappa shape index (κ2) is 5.27. The van der Waals surface area contributed by atoms with Gasteiger partial charge in [0.25, 0.3) is 0 Å². The molecule has 4 unspecified atom stereocenters. The third-order valence-corrected chi connectivity index (χ3v) is 5.48. The van der Waals surface area contributed by atoms with Gasteiger partial charge in [0.15, 0.2) is 0 Å². The summed E-state index contributed by atoms with van der Waals surface area (Å²) in [4.78, 5) is 0. The number of sulfone groups is 1. The van der Waals surface area contributed by atoms with Crippen LogP contribution in [0.1, 0.15) is 39.0 Å². The van der Waals surface area contributed by atoms with Gasteiger partial charge in [0, 0.05) is 12.3 Å². The maximum atomic E-state index is 11.4. The van der Waals surface area contributed by atoms with Crippen LogP contribution < -0.4 is 5.32 Å². The van der Waals surface area contributed by atoms with Crippen LogP contribution >= 0.6 is 0 Å². The lowest BCUT2D eigenvalue weighted by Gasteiger charge is -2.26. The monoisotopic (exact) mass is 259 g/mol. The van der Waals surface area contributed by atoms with Gasteiger partial charge in [0.05, 0.1) is 5.75 Å². The second-order valence-corrected chi connectivity index (χ2v) is 8.20. The van der Waals surface area contributed by atoms with E-state index in [2.05, 4.69) is 12.2 Å². The van der Waals surface area contributed by atoms with E-state index in [1.54, 1.807) is 0 Å². The van der Waals surface area contributed by atoms with Gasteiger partial charge in [-0.05, 0) is 50.0 Å². The zero-order valence-corrected chi connectivity index (χ0v) is 11.8. The lowest BCUT2D eigenvalue weighted by atomic mass is 9.84. The van der Waals surface area contributed by atoms with Gasteiger partial charge >= 0.3 is 0 Å². The molecule has 2 aliphatic rings. The molecule has 0 heterocycles. The Morgan fingerprint density at radius 1 is 1.29 bits per heavy atom. The van der Waals surface area contributed by atoms with Crippen LogP contribution in [0, 0.1) is 17.8 Å². The topological polar surface area (TPSA) is 46.2 Å². The molecule has 2 bridgehead atoms. The predicted octanol–water partition coefficient (Wildman–Crippen LogP) is 1.84. The smallest absolute Gasteiger partial charge is 0.148 e. The minimum atomic E-state index is -2.86. The highest BCUT2D eigenvalue weighted by Crippen LogP contribution is 2.49. The second-order valence-electron chi connectivity index (χ2n) is 6.02. The van der Waals surface area contributed by atoms with Crippen LogP contribution in [0.4, 0.5) is 0 Å². The molecule has 0 aliphatic heterocycles.